The molecule has 2 aromatic carbocycles. The van der Waals surface area contributed by atoms with Gasteiger partial charge in [-0.1, -0.05) is 23.2 Å². The van der Waals surface area contributed by atoms with Crippen LogP contribution in [0.5, 0.6) is 5.75 Å². The highest BCUT2D eigenvalue weighted by atomic mass is 35.5. The van der Waals surface area contributed by atoms with Crippen LogP contribution in [0.1, 0.15) is 22.8 Å². The molecule has 2 rings (SSSR count). The molecule has 0 saturated heterocycles. The molecule has 0 aliphatic heterocycles. The lowest BCUT2D eigenvalue weighted by Crippen LogP contribution is -2.30. The molecule has 0 fully saturated rings. The molecule has 1 atom stereocenters. The van der Waals surface area contributed by atoms with E-state index in [0.29, 0.717) is 11.3 Å². The molecular formula is C18H14Cl2N2O4. The molecule has 26 heavy (non-hydrogen) atoms. The molecule has 0 aromatic heterocycles. The van der Waals surface area contributed by atoms with E-state index in [9.17, 15) is 9.59 Å². The number of benzene rings is 2. The van der Waals surface area contributed by atoms with Crippen molar-refractivity contribution in [3.05, 3.63) is 57.6 Å². The second-order valence-corrected chi connectivity index (χ2v) is 6.01. The van der Waals surface area contributed by atoms with Crippen LogP contribution in [-0.4, -0.2) is 25.1 Å². The minimum Gasteiger partial charge on any atom is -0.494 e. The van der Waals surface area contributed by atoms with E-state index >= 15 is 0 Å². The van der Waals surface area contributed by atoms with Gasteiger partial charge >= 0.3 is 5.97 Å². The number of halogens is 2. The number of amides is 1. The quantitative estimate of drug-likeness (QED) is 0.774. The summed E-state index contributed by atoms with van der Waals surface area (Å²) in [4.78, 5) is 24.3. The predicted octanol–water partition coefficient (Wildman–Crippen LogP) is 4.06. The fraction of sp³-hybridized carbons (Fsp3) is 0.167. The Kier molecular flexibility index (Phi) is 6.45. The highest BCUT2D eigenvalue weighted by Gasteiger charge is 2.21. The van der Waals surface area contributed by atoms with Crippen LogP contribution in [0.4, 0.5) is 5.69 Å². The average molecular weight is 393 g/mol. The number of ether oxygens (including phenoxy) is 2. The van der Waals surface area contributed by atoms with Gasteiger partial charge in [-0.05, 0) is 43.3 Å². The standard InChI is InChI=1S/C18H14Cl2N2O4/c1-10(17(23)22-13-5-3-11(9-21)4-6-13)26-18(24)12-7-14(19)16(25-2)15(20)8-12/h3-8,10H,1-2H3,(H,22,23)/t10-/m1/s1. The third-order valence-electron chi connectivity index (χ3n) is 3.37. The predicted molar refractivity (Wildman–Crippen MR) is 97.7 cm³/mol. The minimum absolute atomic E-state index is 0.0961. The van der Waals surface area contributed by atoms with Crippen molar-refractivity contribution in [2.45, 2.75) is 13.0 Å². The smallest absolute Gasteiger partial charge is 0.339 e. The number of rotatable bonds is 5. The summed E-state index contributed by atoms with van der Waals surface area (Å²) >= 11 is 12.0. The Labute approximate surface area is 160 Å². The van der Waals surface area contributed by atoms with Crippen LogP contribution in [-0.2, 0) is 9.53 Å². The number of esters is 1. The first-order valence-corrected chi connectivity index (χ1v) is 8.16. The lowest BCUT2D eigenvalue weighted by Gasteiger charge is -2.14. The normalized spacial score (nSPS) is 11.2. The maximum absolute atomic E-state index is 12.2. The zero-order valence-electron chi connectivity index (χ0n) is 13.9. The summed E-state index contributed by atoms with van der Waals surface area (Å²) in [7, 11) is 1.40. The number of nitrogens with zero attached hydrogens (tertiary/aromatic N) is 1. The van der Waals surface area contributed by atoms with Crippen molar-refractivity contribution in [2.24, 2.45) is 0 Å². The Hall–Kier alpha value is -2.75. The van der Waals surface area contributed by atoms with Gasteiger partial charge in [0.2, 0.25) is 0 Å². The molecular weight excluding hydrogens is 379 g/mol. The molecule has 1 amide bonds. The SMILES string of the molecule is COc1c(Cl)cc(C(=O)O[C@H](C)C(=O)Nc2ccc(C#N)cc2)cc1Cl. The molecule has 134 valence electrons. The van der Waals surface area contributed by atoms with Crippen LogP contribution < -0.4 is 10.1 Å². The number of anilines is 1. The topological polar surface area (TPSA) is 88.4 Å². The number of methoxy groups -OCH3 is 1. The highest BCUT2D eigenvalue weighted by molar-refractivity contribution is 6.37. The molecule has 0 bridgehead atoms. The van der Waals surface area contributed by atoms with E-state index in [0.717, 1.165) is 0 Å². The molecule has 8 heteroatoms. The summed E-state index contributed by atoms with van der Waals surface area (Å²) in [6, 6.07) is 11.0. The van der Waals surface area contributed by atoms with Gasteiger partial charge < -0.3 is 14.8 Å². The summed E-state index contributed by atoms with van der Waals surface area (Å²) in [6.45, 7) is 1.43. The van der Waals surface area contributed by atoms with Crippen LogP contribution in [0.15, 0.2) is 36.4 Å². The molecule has 2 aromatic rings. The third-order valence-corrected chi connectivity index (χ3v) is 3.93. The largest absolute Gasteiger partial charge is 0.494 e. The van der Waals surface area contributed by atoms with Gasteiger partial charge in [0.15, 0.2) is 11.9 Å². The third kappa shape index (κ3) is 4.66. The van der Waals surface area contributed by atoms with Gasteiger partial charge in [-0.2, -0.15) is 5.26 Å². The first-order chi connectivity index (χ1) is 12.3. The highest BCUT2D eigenvalue weighted by Crippen LogP contribution is 2.34. The fourth-order valence-corrected chi connectivity index (χ4v) is 2.67. The van der Waals surface area contributed by atoms with Crippen molar-refractivity contribution in [2.75, 3.05) is 12.4 Å². The van der Waals surface area contributed by atoms with Gasteiger partial charge in [-0.15, -0.1) is 0 Å². The Bertz CT molecular complexity index is 853. The van der Waals surface area contributed by atoms with E-state index < -0.39 is 18.0 Å². The van der Waals surface area contributed by atoms with Crippen molar-refractivity contribution < 1.29 is 19.1 Å². The molecule has 6 nitrogen and oxygen atoms in total. The van der Waals surface area contributed by atoms with Crippen LogP contribution >= 0.6 is 23.2 Å². The maximum Gasteiger partial charge on any atom is 0.339 e. The van der Waals surface area contributed by atoms with Crippen LogP contribution in [0, 0.1) is 11.3 Å². The molecule has 0 heterocycles. The van der Waals surface area contributed by atoms with Gasteiger partial charge in [-0.25, -0.2) is 4.79 Å². The van der Waals surface area contributed by atoms with Gasteiger partial charge in [0, 0.05) is 5.69 Å². The minimum atomic E-state index is -1.06. The van der Waals surface area contributed by atoms with E-state index in [2.05, 4.69) is 5.32 Å². The van der Waals surface area contributed by atoms with Gasteiger partial charge in [0.05, 0.1) is 34.4 Å². The second kappa shape index (κ2) is 8.56. The maximum atomic E-state index is 12.2. The number of hydrogen-bond acceptors (Lipinski definition) is 5. The van der Waals surface area contributed by atoms with Crippen molar-refractivity contribution in [1.82, 2.24) is 0 Å². The number of carbonyl (C=O) groups is 2. The molecule has 0 aliphatic carbocycles. The van der Waals surface area contributed by atoms with Gasteiger partial charge in [0.25, 0.3) is 5.91 Å². The van der Waals surface area contributed by atoms with Crippen LogP contribution in [0.3, 0.4) is 0 Å². The molecule has 0 radical (unpaired) electrons. The van der Waals surface area contributed by atoms with Gasteiger partial charge in [0.1, 0.15) is 0 Å². The molecule has 0 unspecified atom stereocenters. The van der Waals surface area contributed by atoms with Crippen molar-refractivity contribution in [1.29, 1.82) is 5.26 Å². The van der Waals surface area contributed by atoms with Crippen molar-refractivity contribution in [3.63, 3.8) is 0 Å². The zero-order chi connectivity index (χ0) is 19.3. The number of nitriles is 1. The van der Waals surface area contributed by atoms with Crippen molar-refractivity contribution in [3.8, 4) is 11.8 Å². The number of nitrogens with one attached hydrogen (secondary N) is 1. The van der Waals surface area contributed by atoms with E-state index in [1.807, 2.05) is 6.07 Å². The van der Waals surface area contributed by atoms with E-state index in [1.54, 1.807) is 24.3 Å². The summed E-state index contributed by atoms with van der Waals surface area (Å²) < 4.78 is 10.1. The molecule has 0 saturated carbocycles. The van der Waals surface area contributed by atoms with E-state index in [1.165, 1.54) is 26.2 Å². The summed E-state index contributed by atoms with van der Waals surface area (Å²) in [5, 5.41) is 11.7. The molecule has 0 aliphatic rings. The average Bonchev–Trinajstić information content (AvgIpc) is 2.61. The summed E-state index contributed by atoms with van der Waals surface area (Å²) in [5.41, 5.74) is 1.04. The van der Waals surface area contributed by atoms with Gasteiger partial charge in [-0.3, -0.25) is 4.79 Å². The fourth-order valence-electron chi connectivity index (χ4n) is 2.03. The zero-order valence-corrected chi connectivity index (χ0v) is 15.4. The lowest BCUT2D eigenvalue weighted by atomic mass is 10.2. The lowest BCUT2D eigenvalue weighted by molar-refractivity contribution is -0.123. The number of carbonyl (C=O) groups excluding carboxylic acids is 2. The summed E-state index contributed by atoms with van der Waals surface area (Å²) in [5.74, 6) is -1.02. The van der Waals surface area contributed by atoms with Crippen LogP contribution in [0.2, 0.25) is 10.0 Å². The second-order valence-electron chi connectivity index (χ2n) is 5.20. The summed E-state index contributed by atoms with van der Waals surface area (Å²) in [6.07, 6.45) is -1.06. The molecule has 0 spiro atoms. The Morgan fingerprint density at radius 1 is 1.15 bits per heavy atom. The van der Waals surface area contributed by atoms with Crippen LogP contribution in [0.25, 0.3) is 0 Å². The van der Waals surface area contributed by atoms with E-state index in [4.69, 9.17) is 37.9 Å². The first kappa shape index (κ1) is 19.6. The first-order valence-electron chi connectivity index (χ1n) is 7.40. The number of hydrogen-bond donors (Lipinski definition) is 1. The van der Waals surface area contributed by atoms with E-state index in [-0.39, 0.29) is 21.4 Å². The monoisotopic (exact) mass is 392 g/mol. The Morgan fingerprint density at radius 2 is 1.73 bits per heavy atom. The molecule has 1 N–H and O–H groups in total. The van der Waals surface area contributed by atoms with Crippen molar-refractivity contribution >= 4 is 40.8 Å². The Balaban J connectivity index is 2.04. The Morgan fingerprint density at radius 3 is 2.23 bits per heavy atom.